The number of carbonyl (C=O) groups excluding carboxylic acids is 2. The van der Waals surface area contributed by atoms with Crippen LogP contribution in [0.3, 0.4) is 0 Å². The molecular formula is C25H38ClFO4. The Morgan fingerprint density at radius 3 is 1.90 bits per heavy atom. The van der Waals surface area contributed by atoms with Crippen LogP contribution in [0.5, 0.6) is 5.75 Å². The van der Waals surface area contributed by atoms with E-state index in [4.69, 9.17) is 21.1 Å². The van der Waals surface area contributed by atoms with Crippen molar-refractivity contribution in [3.05, 3.63) is 29.0 Å². The minimum absolute atomic E-state index is 0.0333. The summed E-state index contributed by atoms with van der Waals surface area (Å²) >= 11 is 5.87. The maximum Gasteiger partial charge on any atom is 0.328 e. The lowest BCUT2D eigenvalue weighted by molar-refractivity contribution is -0.164. The van der Waals surface area contributed by atoms with Gasteiger partial charge in [0.15, 0.2) is 17.0 Å². The van der Waals surface area contributed by atoms with Gasteiger partial charge in [-0.2, -0.15) is 0 Å². The molecule has 0 aliphatic carbocycles. The highest BCUT2D eigenvalue weighted by molar-refractivity contribution is 6.32. The summed E-state index contributed by atoms with van der Waals surface area (Å²) in [7, 11) is 0. The van der Waals surface area contributed by atoms with E-state index in [0.717, 1.165) is 25.3 Å². The van der Waals surface area contributed by atoms with Crippen LogP contribution in [-0.4, -0.2) is 18.5 Å². The molecule has 0 amide bonds. The highest BCUT2D eigenvalue weighted by atomic mass is 35.5. The van der Waals surface area contributed by atoms with Gasteiger partial charge >= 0.3 is 11.9 Å². The Morgan fingerprint density at radius 2 is 1.39 bits per heavy atom. The zero-order chi connectivity index (χ0) is 23.1. The fraction of sp³-hybridized carbons (Fsp3) is 0.680. The number of ether oxygens (including phenoxy) is 2. The summed E-state index contributed by atoms with van der Waals surface area (Å²) in [6.07, 6.45) is 14.6. The quantitative estimate of drug-likeness (QED) is 0.111. The number of esters is 2. The van der Waals surface area contributed by atoms with Gasteiger partial charge in [-0.05, 0) is 32.4 Å². The summed E-state index contributed by atoms with van der Waals surface area (Å²) in [5.74, 6) is -2.73. The molecule has 0 saturated carbocycles. The van der Waals surface area contributed by atoms with Crippen molar-refractivity contribution in [2.45, 2.75) is 97.8 Å². The van der Waals surface area contributed by atoms with Crippen molar-refractivity contribution in [3.8, 4) is 5.75 Å². The van der Waals surface area contributed by atoms with E-state index in [9.17, 15) is 14.0 Å². The molecule has 176 valence electrons. The van der Waals surface area contributed by atoms with Gasteiger partial charge in [-0.25, -0.2) is 4.39 Å². The lowest BCUT2D eigenvalue weighted by Gasteiger charge is -2.21. The molecule has 1 aromatic rings. The summed E-state index contributed by atoms with van der Waals surface area (Å²) in [6.45, 7) is 5.29. The number of hydrogen-bond donors (Lipinski definition) is 0. The standard InChI is InChI=1S/C25H38ClFO4/c1-4-5-6-7-8-9-10-11-12-13-14-15-19-30-23(28)25(2,3)24(29)31-22-20(26)17-16-18-21(22)27/h16-18H,4-15,19H2,1-3H3. The maximum atomic E-state index is 13.8. The number of carbonyl (C=O) groups is 2. The molecule has 0 fully saturated rings. The predicted octanol–water partition coefficient (Wildman–Crippen LogP) is 7.66. The van der Waals surface area contributed by atoms with Crippen LogP contribution in [-0.2, 0) is 14.3 Å². The highest BCUT2D eigenvalue weighted by Crippen LogP contribution is 2.30. The smallest absolute Gasteiger partial charge is 0.328 e. The van der Waals surface area contributed by atoms with Crippen molar-refractivity contribution in [1.29, 1.82) is 0 Å². The third-order valence-electron chi connectivity index (χ3n) is 5.37. The topological polar surface area (TPSA) is 52.6 Å². The highest BCUT2D eigenvalue weighted by Gasteiger charge is 2.40. The zero-order valence-electron chi connectivity index (χ0n) is 19.3. The second-order valence-corrected chi connectivity index (χ2v) is 9.00. The summed E-state index contributed by atoms with van der Waals surface area (Å²) in [5.41, 5.74) is -1.55. The monoisotopic (exact) mass is 456 g/mol. The summed E-state index contributed by atoms with van der Waals surface area (Å²) < 4.78 is 24.1. The molecule has 0 aliphatic heterocycles. The SMILES string of the molecule is CCCCCCCCCCCCCCOC(=O)C(C)(C)C(=O)Oc1c(F)cccc1Cl. The van der Waals surface area contributed by atoms with E-state index in [1.54, 1.807) is 0 Å². The second-order valence-electron chi connectivity index (χ2n) is 8.59. The molecule has 1 rings (SSSR count). The van der Waals surface area contributed by atoms with Gasteiger partial charge in [0.25, 0.3) is 0 Å². The first kappa shape index (κ1) is 27.4. The zero-order valence-corrected chi connectivity index (χ0v) is 20.1. The molecule has 0 saturated heterocycles. The van der Waals surface area contributed by atoms with Crippen molar-refractivity contribution < 1.29 is 23.5 Å². The Kier molecular flexibility index (Phi) is 13.5. The molecular weight excluding hydrogens is 419 g/mol. The molecule has 4 nitrogen and oxygen atoms in total. The molecule has 0 aliphatic rings. The molecule has 0 N–H and O–H groups in total. The van der Waals surface area contributed by atoms with E-state index < -0.39 is 23.2 Å². The third kappa shape index (κ3) is 10.5. The van der Waals surface area contributed by atoms with Gasteiger partial charge in [0.1, 0.15) is 0 Å². The number of rotatable bonds is 16. The van der Waals surface area contributed by atoms with Crippen molar-refractivity contribution in [2.24, 2.45) is 5.41 Å². The molecule has 0 aromatic heterocycles. The van der Waals surface area contributed by atoms with Crippen LogP contribution in [0.15, 0.2) is 18.2 Å². The Morgan fingerprint density at radius 1 is 0.871 bits per heavy atom. The fourth-order valence-corrected chi connectivity index (χ4v) is 3.37. The Balaban J connectivity index is 2.17. The predicted molar refractivity (Wildman–Crippen MR) is 123 cm³/mol. The maximum absolute atomic E-state index is 13.8. The summed E-state index contributed by atoms with van der Waals surface area (Å²) in [4.78, 5) is 24.7. The van der Waals surface area contributed by atoms with Crippen molar-refractivity contribution in [1.82, 2.24) is 0 Å². The molecule has 6 heteroatoms. The van der Waals surface area contributed by atoms with E-state index in [0.29, 0.717) is 0 Å². The Bertz CT molecular complexity index is 655. The van der Waals surface area contributed by atoms with Crippen LogP contribution in [0.2, 0.25) is 5.02 Å². The van der Waals surface area contributed by atoms with Crippen LogP contribution in [0.4, 0.5) is 4.39 Å². The molecule has 0 spiro atoms. The van der Waals surface area contributed by atoms with Gasteiger partial charge in [0, 0.05) is 0 Å². The van der Waals surface area contributed by atoms with Gasteiger partial charge in [-0.1, -0.05) is 95.2 Å². The van der Waals surface area contributed by atoms with Crippen LogP contribution in [0.1, 0.15) is 97.8 Å². The molecule has 31 heavy (non-hydrogen) atoms. The van der Waals surface area contributed by atoms with E-state index in [1.807, 2.05) is 0 Å². The average molecular weight is 457 g/mol. The van der Waals surface area contributed by atoms with Gasteiger partial charge in [-0.15, -0.1) is 0 Å². The number of para-hydroxylation sites is 1. The number of hydrogen-bond acceptors (Lipinski definition) is 4. The molecule has 0 unspecified atom stereocenters. The average Bonchev–Trinajstić information content (AvgIpc) is 2.73. The van der Waals surface area contributed by atoms with Crippen LogP contribution in [0, 0.1) is 11.2 Å². The lowest BCUT2D eigenvalue weighted by Crippen LogP contribution is -2.38. The number of benzene rings is 1. The second kappa shape index (κ2) is 15.2. The van der Waals surface area contributed by atoms with Gasteiger partial charge in [0.05, 0.1) is 11.6 Å². The summed E-state index contributed by atoms with van der Waals surface area (Å²) in [6, 6.07) is 3.95. The molecule has 0 radical (unpaired) electrons. The largest absolute Gasteiger partial charge is 0.465 e. The van der Waals surface area contributed by atoms with Gasteiger partial charge < -0.3 is 9.47 Å². The van der Waals surface area contributed by atoms with E-state index in [1.165, 1.54) is 83.8 Å². The number of unbranched alkanes of at least 4 members (excludes halogenated alkanes) is 11. The van der Waals surface area contributed by atoms with Crippen molar-refractivity contribution in [3.63, 3.8) is 0 Å². The third-order valence-corrected chi connectivity index (χ3v) is 5.66. The van der Waals surface area contributed by atoms with E-state index in [2.05, 4.69) is 6.92 Å². The molecule has 1 aromatic carbocycles. The van der Waals surface area contributed by atoms with E-state index in [-0.39, 0.29) is 17.4 Å². The van der Waals surface area contributed by atoms with E-state index >= 15 is 0 Å². The van der Waals surface area contributed by atoms with Gasteiger partial charge in [-0.3, -0.25) is 9.59 Å². The Labute approximate surface area is 191 Å². The van der Waals surface area contributed by atoms with Crippen LogP contribution in [0.25, 0.3) is 0 Å². The van der Waals surface area contributed by atoms with Crippen molar-refractivity contribution >= 4 is 23.5 Å². The minimum atomic E-state index is -1.55. The fourth-order valence-electron chi connectivity index (χ4n) is 3.17. The van der Waals surface area contributed by atoms with Crippen LogP contribution >= 0.6 is 11.6 Å². The van der Waals surface area contributed by atoms with Gasteiger partial charge in [0.2, 0.25) is 0 Å². The molecule has 0 heterocycles. The molecule has 0 bridgehead atoms. The first-order valence-electron chi connectivity index (χ1n) is 11.6. The first-order valence-corrected chi connectivity index (χ1v) is 12.0. The lowest BCUT2D eigenvalue weighted by atomic mass is 9.94. The first-order chi connectivity index (χ1) is 14.8. The van der Waals surface area contributed by atoms with Crippen LogP contribution < -0.4 is 4.74 Å². The number of halogens is 2. The minimum Gasteiger partial charge on any atom is -0.465 e. The molecule has 0 atom stereocenters. The summed E-state index contributed by atoms with van der Waals surface area (Å²) in [5, 5.41) is -0.0333. The normalized spacial score (nSPS) is 11.4. The van der Waals surface area contributed by atoms with Crippen molar-refractivity contribution in [2.75, 3.05) is 6.61 Å². The Hall–Kier alpha value is -1.62.